The van der Waals surface area contributed by atoms with Crippen molar-refractivity contribution < 1.29 is 14.3 Å². The van der Waals surface area contributed by atoms with Crippen LogP contribution in [0.15, 0.2) is 77.6 Å². The van der Waals surface area contributed by atoms with Crippen molar-refractivity contribution in [2.75, 3.05) is 32.8 Å². The second kappa shape index (κ2) is 11.9. The number of rotatable bonds is 8. The summed E-state index contributed by atoms with van der Waals surface area (Å²) in [6, 6.07) is 21.9. The summed E-state index contributed by atoms with van der Waals surface area (Å²) in [5.74, 6) is 1.80. The van der Waals surface area contributed by atoms with Crippen LogP contribution in [0, 0.1) is 0 Å². The average Bonchev–Trinajstić information content (AvgIpc) is 2.93. The van der Waals surface area contributed by atoms with Crippen LogP contribution in [0.3, 0.4) is 0 Å². The molecular weight excluding hydrogens is 516 g/mol. The Hall–Kier alpha value is -3.88. The van der Waals surface area contributed by atoms with Crippen LogP contribution in [0.1, 0.15) is 19.7 Å². The number of nitrogens with zero attached hydrogens (tertiary/aromatic N) is 4. The fourth-order valence-electron chi connectivity index (χ4n) is 4.65. The Labute approximate surface area is 232 Å². The zero-order valence-electron chi connectivity index (χ0n) is 22.0. The van der Waals surface area contributed by atoms with Gasteiger partial charge in [-0.25, -0.2) is 4.98 Å². The lowest BCUT2D eigenvalue weighted by Crippen LogP contribution is -2.50. The highest BCUT2D eigenvalue weighted by Crippen LogP contribution is 2.25. The van der Waals surface area contributed by atoms with Gasteiger partial charge in [0.15, 0.2) is 6.61 Å². The maximum atomic E-state index is 13.8. The number of para-hydroxylation sites is 3. The second-order valence-electron chi connectivity index (χ2n) is 9.72. The Morgan fingerprint density at radius 1 is 0.949 bits per heavy atom. The summed E-state index contributed by atoms with van der Waals surface area (Å²) in [5, 5.41) is 1.17. The molecule has 2 heterocycles. The minimum absolute atomic E-state index is 0.0277. The van der Waals surface area contributed by atoms with Crippen molar-refractivity contribution in [3.8, 4) is 17.2 Å². The number of ether oxygens (including phenoxy) is 2. The van der Waals surface area contributed by atoms with Gasteiger partial charge in [0.05, 0.1) is 29.2 Å². The SMILES string of the molecule is CC(C)Oc1ccccc1-n1c(CN2CCN(C(=O)COc3ccc(Cl)cc3)CC2)nc2ccccc2c1=O. The van der Waals surface area contributed by atoms with Crippen LogP contribution in [0.25, 0.3) is 16.6 Å². The molecule has 0 N–H and O–H groups in total. The molecular formula is C30H31ClN4O4. The fourth-order valence-corrected chi connectivity index (χ4v) is 4.78. The van der Waals surface area contributed by atoms with Crippen LogP contribution in [-0.4, -0.2) is 64.1 Å². The molecule has 0 radical (unpaired) electrons. The van der Waals surface area contributed by atoms with Crippen LogP contribution >= 0.6 is 11.6 Å². The highest BCUT2D eigenvalue weighted by atomic mass is 35.5. The molecule has 0 bridgehead atoms. The van der Waals surface area contributed by atoms with Gasteiger partial charge in [-0.15, -0.1) is 0 Å². The molecule has 1 amide bonds. The smallest absolute Gasteiger partial charge is 0.266 e. The van der Waals surface area contributed by atoms with Crippen LogP contribution in [-0.2, 0) is 11.3 Å². The number of hydrogen-bond acceptors (Lipinski definition) is 6. The van der Waals surface area contributed by atoms with Gasteiger partial charge < -0.3 is 14.4 Å². The Balaban J connectivity index is 1.34. The van der Waals surface area contributed by atoms with E-state index in [9.17, 15) is 9.59 Å². The number of carbonyl (C=O) groups is 1. The van der Waals surface area contributed by atoms with Gasteiger partial charge >= 0.3 is 0 Å². The number of amides is 1. The second-order valence-corrected chi connectivity index (χ2v) is 10.2. The number of hydrogen-bond donors (Lipinski definition) is 0. The Morgan fingerprint density at radius 2 is 1.64 bits per heavy atom. The molecule has 1 aromatic heterocycles. The molecule has 4 aromatic rings. The first kappa shape index (κ1) is 26.7. The van der Waals surface area contributed by atoms with Crippen molar-refractivity contribution in [3.05, 3.63) is 94.0 Å². The molecule has 0 saturated carbocycles. The first-order valence-corrected chi connectivity index (χ1v) is 13.4. The molecule has 1 fully saturated rings. The predicted molar refractivity (Wildman–Crippen MR) is 152 cm³/mol. The normalized spacial score (nSPS) is 14.1. The molecule has 0 unspecified atom stereocenters. The number of fused-ring (bicyclic) bond motifs is 1. The first-order chi connectivity index (χ1) is 18.9. The van der Waals surface area contributed by atoms with E-state index in [0.29, 0.717) is 71.7 Å². The van der Waals surface area contributed by atoms with Crippen LogP contribution < -0.4 is 15.0 Å². The number of benzene rings is 3. The molecule has 9 heteroatoms. The summed E-state index contributed by atoms with van der Waals surface area (Å²) in [7, 11) is 0. The predicted octanol–water partition coefficient (Wildman–Crippen LogP) is 4.55. The fraction of sp³-hybridized carbons (Fsp3) is 0.300. The quantitative estimate of drug-likeness (QED) is 0.323. The van der Waals surface area contributed by atoms with Crippen LogP contribution in [0.5, 0.6) is 11.5 Å². The van der Waals surface area contributed by atoms with E-state index < -0.39 is 0 Å². The zero-order valence-corrected chi connectivity index (χ0v) is 22.8. The Morgan fingerprint density at radius 3 is 2.38 bits per heavy atom. The standard InChI is InChI=1S/C30H31ClN4O4/c1-21(2)39-27-10-6-5-9-26(27)35-28(32-25-8-4-3-7-24(25)30(35)37)19-33-15-17-34(18-16-33)29(36)20-38-23-13-11-22(31)12-14-23/h3-14,21H,15-20H2,1-2H3. The topological polar surface area (TPSA) is 76.9 Å². The molecule has 0 aliphatic carbocycles. The molecule has 3 aromatic carbocycles. The number of halogens is 1. The summed E-state index contributed by atoms with van der Waals surface area (Å²) >= 11 is 5.91. The van der Waals surface area contributed by atoms with Crippen LogP contribution in [0.4, 0.5) is 0 Å². The summed E-state index contributed by atoms with van der Waals surface area (Å²) in [4.78, 5) is 35.4. The van der Waals surface area contributed by atoms with E-state index in [1.807, 2.05) is 56.3 Å². The van der Waals surface area contributed by atoms with Crippen molar-refractivity contribution in [2.24, 2.45) is 0 Å². The van der Waals surface area contributed by atoms with Crippen molar-refractivity contribution in [1.29, 1.82) is 0 Å². The van der Waals surface area contributed by atoms with Crippen molar-refractivity contribution in [1.82, 2.24) is 19.4 Å². The summed E-state index contributed by atoms with van der Waals surface area (Å²) in [5.41, 5.74) is 1.19. The number of aromatic nitrogens is 2. The van der Waals surface area contributed by atoms with Crippen molar-refractivity contribution in [2.45, 2.75) is 26.5 Å². The highest BCUT2D eigenvalue weighted by Gasteiger charge is 2.24. The van der Waals surface area contributed by atoms with Crippen molar-refractivity contribution in [3.63, 3.8) is 0 Å². The monoisotopic (exact) mass is 546 g/mol. The van der Waals surface area contributed by atoms with E-state index >= 15 is 0 Å². The third-order valence-corrected chi connectivity index (χ3v) is 6.83. The largest absolute Gasteiger partial charge is 0.489 e. The van der Waals surface area contributed by atoms with E-state index in [4.69, 9.17) is 26.1 Å². The van der Waals surface area contributed by atoms with Gasteiger partial charge in [0.1, 0.15) is 17.3 Å². The molecule has 202 valence electrons. The first-order valence-electron chi connectivity index (χ1n) is 13.0. The lowest BCUT2D eigenvalue weighted by atomic mass is 10.2. The summed E-state index contributed by atoms with van der Waals surface area (Å²) in [6.07, 6.45) is -0.0481. The van der Waals surface area contributed by atoms with Crippen LogP contribution in [0.2, 0.25) is 5.02 Å². The van der Waals surface area contributed by atoms with Gasteiger partial charge in [-0.1, -0.05) is 35.9 Å². The van der Waals surface area contributed by atoms with E-state index in [1.165, 1.54) is 0 Å². The van der Waals surface area contributed by atoms with Gasteiger partial charge in [0.2, 0.25) is 0 Å². The van der Waals surface area contributed by atoms with E-state index in [-0.39, 0.29) is 24.2 Å². The Kier molecular flexibility index (Phi) is 8.14. The molecule has 1 saturated heterocycles. The van der Waals surface area contributed by atoms with Gasteiger partial charge in [0, 0.05) is 31.2 Å². The summed E-state index contributed by atoms with van der Waals surface area (Å²) in [6.45, 7) is 6.78. The third-order valence-electron chi connectivity index (χ3n) is 6.58. The molecule has 1 aliphatic rings. The molecule has 1 aliphatic heterocycles. The van der Waals surface area contributed by atoms with Gasteiger partial charge in [-0.05, 0) is 62.4 Å². The molecule has 0 atom stereocenters. The highest BCUT2D eigenvalue weighted by molar-refractivity contribution is 6.30. The van der Waals surface area contributed by atoms with E-state index in [2.05, 4.69) is 4.90 Å². The lowest BCUT2D eigenvalue weighted by molar-refractivity contribution is -0.135. The molecule has 5 rings (SSSR count). The lowest BCUT2D eigenvalue weighted by Gasteiger charge is -2.34. The van der Waals surface area contributed by atoms with E-state index in [0.717, 1.165) is 0 Å². The number of carbonyl (C=O) groups excluding carboxylic acids is 1. The van der Waals surface area contributed by atoms with Gasteiger partial charge in [-0.2, -0.15) is 0 Å². The minimum Gasteiger partial charge on any atom is -0.489 e. The van der Waals surface area contributed by atoms with Gasteiger partial charge in [0.25, 0.3) is 11.5 Å². The third kappa shape index (κ3) is 6.24. The van der Waals surface area contributed by atoms with Crippen molar-refractivity contribution >= 4 is 28.4 Å². The maximum Gasteiger partial charge on any atom is 0.266 e. The summed E-state index contributed by atoms with van der Waals surface area (Å²) < 4.78 is 13.3. The van der Waals surface area contributed by atoms with E-state index in [1.54, 1.807) is 39.8 Å². The average molecular weight is 547 g/mol. The molecule has 8 nitrogen and oxygen atoms in total. The van der Waals surface area contributed by atoms with Gasteiger partial charge in [-0.3, -0.25) is 19.1 Å². The minimum atomic E-state index is -0.136. The number of piperazine rings is 1. The molecule has 0 spiro atoms. The molecule has 39 heavy (non-hydrogen) atoms. The maximum absolute atomic E-state index is 13.8. The zero-order chi connectivity index (χ0) is 27.4. The Bertz CT molecular complexity index is 1510.